The Hall–Kier alpha value is -1.09. The van der Waals surface area contributed by atoms with E-state index in [9.17, 15) is 15.0 Å². The van der Waals surface area contributed by atoms with E-state index in [0.29, 0.717) is 6.42 Å². The number of rotatable bonds is 5. The zero-order valence-corrected chi connectivity index (χ0v) is 14.9. The van der Waals surface area contributed by atoms with Crippen LogP contribution in [0.2, 0.25) is 0 Å². The van der Waals surface area contributed by atoms with E-state index in [-0.39, 0.29) is 17.3 Å². The van der Waals surface area contributed by atoms with Crippen LogP contribution in [-0.2, 0) is 4.79 Å². The van der Waals surface area contributed by atoms with Crippen LogP contribution in [0.4, 0.5) is 0 Å². The highest BCUT2D eigenvalue weighted by Crippen LogP contribution is 2.62. The second kappa shape index (κ2) is 6.08. The molecule has 0 unspecified atom stereocenters. The molecular weight excluding hydrogens is 288 g/mol. The van der Waals surface area contributed by atoms with Crippen LogP contribution in [0.3, 0.4) is 0 Å². The fourth-order valence-corrected chi connectivity index (χ4v) is 5.28. The first-order chi connectivity index (χ1) is 10.6. The van der Waals surface area contributed by atoms with Gasteiger partial charge in [0.15, 0.2) is 0 Å². The molecule has 5 atom stereocenters. The van der Waals surface area contributed by atoms with Crippen molar-refractivity contribution in [2.45, 2.75) is 71.3 Å². The van der Waals surface area contributed by atoms with Crippen LogP contribution in [0.5, 0.6) is 0 Å². The molecule has 130 valence electrons. The Kier molecular flexibility index (Phi) is 4.83. The van der Waals surface area contributed by atoms with Gasteiger partial charge in [0.25, 0.3) is 0 Å². The molecule has 2 aliphatic carbocycles. The summed E-state index contributed by atoms with van der Waals surface area (Å²) in [7, 11) is 0. The van der Waals surface area contributed by atoms with Crippen molar-refractivity contribution >= 4 is 5.97 Å². The van der Waals surface area contributed by atoms with Crippen LogP contribution < -0.4 is 0 Å². The van der Waals surface area contributed by atoms with Gasteiger partial charge < -0.3 is 10.2 Å². The summed E-state index contributed by atoms with van der Waals surface area (Å²) in [6.45, 7) is 14.0. The minimum atomic E-state index is -0.867. The molecule has 2 N–H and O–H groups in total. The van der Waals surface area contributed by atoms with Crippen molar-refractivity contribution < 1.29 is 15.0 Å². The summed E-state index contributed by atoms with van der Waals surface area (Å²) in [5.74, 6) is -0.185. The molecule has 0 aliphatic heterocycles. The molecule has 0 spiro atoms. The minimum Gasteiger partial charge on any atom is -0.481 e. The van der Waals surface area contributed by atoms with Gasteiger partial charge in [0, 0.05) is 0 Å². The Morgan fingerprint density at radius 1 is 1.43 bits per heavy atom. The third-order valence-electron chi connectivity index (χ3n) is 6.89. The Morgan fingerprint density at radius 3 is 2.65 bits per heavy atom. The van der Waals surface area contributed by atoms with E-state index in [4.69, 9.17) is 0 Å². The van der Waals surface area contributed by atoms with Crippen LogP contribution in [0.1, 0.15) is 65.7 Å². The van der Waals surface area contributed by atoms with Gasteiger partial charge in [0.2, 0.25) is 0 Å². The summed E-state index contributed by atoms with van der Waals surface area (Å²) >= 11 is 0. The summed E-state index contributed by atoms with van der Waals surface area (Å²) < 4.78 is 0. The predicted molar refractivity (Wildman–Crippen MR) is 93.1 cm³/mol. The van der Waals surface area contributed by atoms with Crippen molar-refractivity contribution in [3.05, 3.63) is 24.8 Å². The van der Waals surface area contributed by atoms with Crippen LogP contribution >= 0.6 is 0 Å². The average Bonchev–Trinajstić information content (AvgIpc) is 2.46. The predicted octanol–water partition coefficient (Wildman–Crippen LogP) is 4.57. The molecule has 2 aliphatic rings. The largest absolute Gasteiger partial charge is 0.481 e. The Labute approximate surface area is 140 Å². The first kappa shape index (κ1) is 18.3. The van der Waals surface area contributed by atoms with E-state index in [0.717, 1.165) is 38.5 Å². The number of aliphatic hydroxyl groups is 1. The van der Waals surface area contributed by atoms with Crippen LogP contribution in [-0.4, -0.2) is 21.8 Å². The number of hydrogen-bond donors (Lipinski definition) is 2. The Balaban J connectivity index is 2.29. The standard InChI is InChI=1S/C20H32O3/c1-6-18(3,23)13-10-15-14(2)8-9-16-19(15,4)11-7-12-20(16,5)17(21)22/h6,15-16,23H,1-2,7-13H2,3-5H3,(H,21,22)/t15-,16+,18+,19+,20-/m0/s1. The van der Waals surface area contributed by atoms with Gasteiger partial charge in [-0.25, -0.2) is 0 Å². The van der Waals surface area contributed by atoms with Gasteiger partial charge in [-0.3, -0.25) is 4.79 Å². The minimum absolute atomic E-state index is 0.0298. The molecule has 23 heavy (non-hydrogen) atoms. The fraction of sp³-hybridized carbons (Fsp3) is 0.750. The third-order valence-corrected chi connectivity index (χ3v) is 6.89. The monoisotopic (exact) mass is 320 g/mol. The smallest absolute Gasteiger partial charge is 0.309 e. The van der Waals surface area contributed by atoms with Crippen molar-refractivity contribution in [3.8, 4) is 0 Å². The zero-order valence-electron chi connectivity index (χ0n) is 14.9. The van der Waals surface area contributed by atoms with E-state index in [1.807, 2.05) is 6.92 Å². The van der Waals surface area contributed by atoms with Crippen LogP contribution in [0.25, 0.3) is 0 Å². The number of carboxylic acids is 1. The summed E-state index contributed by atoms with van der Waals surface area (Å²) in [6.07, 6.45) is 7.70. The van der Waals surface area contributed by atoms with E-state index in [1.54, 1.807) is 13.0 Å². The third kappa shape index (κ3) is 3.13. The average molecular weight is 320 g/mol. The molecule has 0 aromatic carbocycles. The molecule has 2 fully saturated rings. The van der Waals surface area contributed by atoms with Crippen molar-refractivity contribution in [1.82, 2.24) is 0 Å². The van der Waals surface area contributed by atoms with Gasteiger partial charge in [0.1, 0.15) is 0 Å². The second-order valence-electron chi connectivity index (χ2n) is 8.48. The maximum atomic E-state index is 11.9. The molecule has 0 saturated heterocycles. The highest BCUT2D eigenvalue weighted by Gasteiger charge is 2.57. The number of carbonyl (C=O) groups is 1. The summed E-state index contributed by atoms with van der Waals surface area (Å²) in [5.41, 5.74) is -0.294. The first-order valence-electron chi connectivity index (χ1n) is 8.84. The molecule has 0 aromatic heterocycles. The fourth-order valence-electron chi connectivity index (χ4n) is 5.28. The molecule has 0 bridgehead atoms. The first-order valence-corrected chi connectivity index (χ1v) is 8.84. The number of hydrogen-bond acceptors (Lipinski definition) is 2. The normalized spacial score (nSPS) is 40.1. The number of allylic oxidation sites excluding steroid dienone is 1. The van der Waals surface area contributed by atoms with Crippen LogP contribution in [0.15, 0.2) is 24.8 Å². The molecule has 2 rings (SSSR count). The maximum Gasteiger partial charge on any atom is 0.309 e. The van der Waals surface area contributed by atoms with Gasteiger partial charge in [0.05, 0.1) is 11.0 Å². The highest BCUT2D eigenvalue weighted by molar-refractivity contribution is 5.75. The lowest BCUT2D eigenvalue weighted by Gasteiger charge is -2.57. The quantitative estimate of drug-likeness (QED) is 0.730. The SMILES string of the molecule is C=C[C@@](C)(O)CC[C@H]1C(=C)CC[C@@H]2[C@]1(C)CCC[C@]2(C)C(=O)O. The van der Waals surface area contributed by atoms with Gasteiger partial charge in [-0.15, -0.1) is 6.58 Å². The van der Waals surface area contributed by atoms with E-state index in [2.05, 4.69) is 20.1 Å². The van der Waals surface area contributed by atoms with Gasteiger partial charge in [-0.2, -0.15) is 0 Å². The molecule has 3 heteroatoms. The number of carboxylic acid groups (broad SMARTS) is 1. The van der Waals surface area contributed by atoms with E-state index < -0.39 is 17.0 Å². The lowest BCUT2D eigenvalue weighted by Crippen LogP contribution is -2.53. The van der Waals surface area contributed by atoms with Crippen LogP contribution in [0, 0.1) is 22.7 Å². The van der Waals surface area contributed by atoms with Crippen molar-refractivity contribution in [3.63, 3.8) is 0 Å². The molecule has 0 radical (unpaired) electrons. The summed E-state index contributed by atoms with van der Waals surface area (Å²) in [5, 5.41) is 20.1. The Morgan fingerprint density at radius 2 is 2.09 bits per heavy atom. The summed E-state index contributed by atoms with van der Waals surface area (Å²) in [6, 6.07) is 0. The lowest BCUT2D eigenvalue weighted by atomic mass is 9.46. The molecule has 0 amide bonds. The molecule has 2 saturated carbocycles. The van der Waals surface area contributed by atoms with Crippen molar-refractivity contribution in [2.24, 2.45) is 22.7 Å². The van der Waals surface area contributed by atoms with Gasteiger partial charge in [-0.05, 0) is 69.6 Å². The molecular formula is C20H32O3. The van der Waals surface area contributed by atoms with Crippen molar-refractivity contribution in [1.29, 1.82) is 0 Å². The number of fused-ring (bicyclic) bond motifs is 1. The van der Waals surface area contributed by atoms with Gasteiger partial charge >= 0.3 is 5.97 Å². The van der Waals surface area contributed by atoms with Gasteiger partial charge in [-0.1, -0.05) is 31.6 Å². The second-order valence-corrected chi connectivity index (χ2v) is 8.48. The highest BCUT2D eigenvalue weighted by atomic mass is 16.4. The Bertz CT molecular complexity index is 507. The van der Waals surface area contributed by atoms with E-state index in [1.165, 1.54) is 5.57 Å². The molecule has 0 heterocycles. The topological polar surface area (TPSA) is 57.5 Å². The molecule has 0 aromatic rings. The zero-order chi connectivity index (χ0) is 17.5. The maximum absolute atomic E-state index is 11.9. The summed E-state index contributed by atoms with van der Waals surface area (Å²) in [4.78, 5) is 11.9. The van der Waals surface area contributed by atoms with E-state index >= 15 is 0 Å². The lowest BCUT2D eigenvalue weighted by molar-refractivity contribution is -0.164. The molecule has 3 nitrogen and oxygen atoms in total. The van der Waals surface area contributed by atoms with Crippen molar-refractivity contribution in [2.75, 3.05) is 0 Å². The number of aliphatic carboxylic acids is 1.